The minimum atomic E-state index is -4.93. The van der Waals surface area contributed by atoms with Gasteiger partial charge in [-0.2, -0.15) is 0 Å². The van der Waals surface area contributed by atoms with Gasteiger partial charge < -0.3 is 34.2 Å². The molecule has 0 amide bonds. The Morgan fingerprint density at radius 2 is 0.559 bits per heavy atom. The van der Waals surface area contributed by atoms with Crippen LogP contribution in [0.25, 0.3) is 0 Å². The average molecular weight is 1350 g/mol. The Balaban J connectivity index is 4.57. The molecule has 536 valence electrons. The fraction of sp³-hybridized carbons (Fsp3) is 0.720. The number of hydrogen-bond donors (Lipinski definition) is 4. The number of aliphatic hydroxyl groups is 2. The minimum Gasteiger partial charge on any atom is -0.463 e. The van der Waals surface area contributed by atoms with Gasteiger partial charge >= 0.3 is 33.6 Å². The monoisotopic (exact) mass is 1350 g/mol. The smallest absolute Gasteiger partial charge is 0.463 e. The highest BCUT2D eigenvalue weighted by molar-refractivity contribution is 7.47. The van der Waals surface area contributed by atoms with Crippen LogP contribution < -0.4 is 0 Å². The number of carbonyl (C=O) groups is 3. The summed E-state index contributed by atoms with van der Waals surface area (Å²) >= 11 is 0. The van der Waals surface area contributed by atoms with Crippen LogP contribution in [-0.2, 0) is 55.8 Å². The maximum absolute atomic E-state index is 12.9. The lowest BCUT2D eigenvalue weighted by atomic mass is 10.1. The van der Waals surface area contributed by atoms with Crippen LogP contribution in [0.1, 0.15) is 290 Å². The van der Waals surface area contributed by atoms with Crippen molar-refractivity contribution in [3.63, 3.8) is 0 Å². The third-order valence-electron chi connectivity index (χ3n) is 14.9. The van der Waals surface area contributed by atoms with E-state index in [2.05, 4.69) is 130 Å². The Morgan fingerprint density at radius 1 is 0.301 bits per heavy atom. The highest BCUT2D eigenvalue weighted by atomic mass is 31.2. The lowest BCUT2D eigenvalue weighted by Gasteiger charge is -2.21. The van der Waals surface area contributed by atoms with E-state index in [4.69, 9.17) is 32.3 Å². The molecule has 5 atom stereocenters. The number of phosphoric acid groups is 2. The Bertz CT molecular complexity index is 2130. The van der Waals surface area contributed by atoms with E-state index in [0.29, 0.717) is 19.3 Å². The fourth-order valence-electron chi connectivity index (χ4n) is 9.36. The highest BCUT2D eigenvalue weighted by Crippen LogP contribution is 2.45. The molecule has 4 N–H and O–H groups in total. The van der Waals surface area contributed by atoms with Crippen LogP contribution in [-0.4, -0.2) is 95.9 Å². The van der Waals surface area contributed by atoms with Gasteiger partial charge in [0.1, 0.15) is 25.4 Å². The molecule has 0 aliphatic carbocycles. The summed E-state index contributed by atoms with van der Waals surface area (Å²) < 4.78 is 60.9. The van der Waals surface area contributed by atoms with Crippen molar-refractivity contribution in [2.24, 2.45) is 0 Å². The maximum atomic E-state index is 12.9. The molecule has 0 rings (SSSR count). The molecule has 0 saturated heterocycles. The molecule has 18 heteroatoms. The van der Waals surface area contributed by atoms with E-state index in [1.165, 1.54) is 70.6 Å². The van der Waals surface area contributed by atoms with Crippen molar-refractivity contribution in [2.45, 2.75) is 309 Å². The Morgan fingerprint density at radius 3 is 0.892 bits per heavy atom. The molecule has 0 aromatic carbocycles. The second-order valence-electron chi connectivity index (χ2n) is 24.0. The molecule has 0 heterocycles. The van der Waals surface area contributed by atoms with Gasteiger partial charge in [0, 0.05) is 19.3 Å². The van der Waals surface area contributed by atoms with E-state index in [9.17, 15) is 43.5 Å². The number of carbonyl (C=O) groups excluding carboxylic acids is 3. The van der Waals surface area contributed by atoms with E-state index in [0.717, 1.165) is 161 Å². The largest absolute Gasteiger partial charge is 0.472 e. The van der Waals surface area contributed by atoms with Crippen LogP contribution >= 0.6 is 15.6 Å². The molecule has 0 aliphatic heterocycles. The first-order valence-electron chi connectivity index (χ1n) is 36.2. The number of ether oxygens (including phenoxy) is 3. The molecule has 0 aliphatic rings. The van der Waals surface area contributed by atoms with Crippen LogP contribution in [0.15, 0.2) is 109 Å². The van der Waals surface area contributed by atoms with Gasteiger partial charge in [-0.05, 0) is 128 Å². The normalized spacial score (nSPS) is 14.8. The Hall–Kier alpha value is -3.79. The number of allylic oxidation sites excluding steroid dienone is 18. The first-order valence-corrected chi connectivity index (χ1v) is 39.2. The summed E-state index contributed by atoms with van der Waals surface area (Å²) in [4.78, 5) is 58.4. The zero-order valence-electron chi connectivity index (χ0n) is 58.1. The van der Waals surface area contributed by atoms with Crippen LogP contribution in [0.2, 0.25) is 0 Å². The van der Waals surface area contributed by atoms with Crippen molar-refractivity contribution in [1.29, 1.82) is 0 Å². The van der Waals surface area contributed by atoms with Crippen molar-refractivity contribution in [1.82, 2.24) is 0 Å². The number of esters is 3. The number of hydrogen-bond acceptors (Lipinski definition) is 14. The van der Waals surface area contributed by atoms with Gasteiger partial charge in [0.2, 0.25) is 0 Å². The molecule has 0 aromatic rings. The number of phosphoric ester groups is 2. The van der Waals surface area contributed by atoms with Crippen molar-refractivity contribution >= 4 is 33.6 Å². The summed E-state index contributed by atoms with van der Waals surface area (Å²) in [6, 6.07) is 0. The summed E-state index contributed by atoms with van der Waals surface area (Å²) in [5.41, 5.74) is 0. The van der Waals surface area contributed by atoms with E-state index in [-0.39, 0.29) is 19.3 Å². The van der Waals surface area contributed by atoms with Crippen LogP contribution in [0.5, 0.6) is 0 Å². The van der Waals surface area contributed by atoms with Crippen LogP contribution in [0.3, 0.4) is 0 Å². The van der Waals surface area contributed by atoms with E-state index < -0.39 is 91.5 Å². The zero-order valence-corrected chi connectivity index (χ0v) is 59.9. The third kappa shape index (κ3) is 69.4. The SMILES string of the molecule is CCC/C=C\C/C=C\CCCCCCCC(=O)OC(COC(=O)CCCCCCCC/C=C\C/C=C\C/C=C\CCCCC)COP(=O)(O)OCC(O)COP(=O)(O)OCC(O)COC(=O)CCCCCCCCCCC/C=C\C/C=C\C/C=C\C/C=C\CCCCC. The van der Waals surface area contributed by atoms with Gasteiger partial charge in [-0.25, -0.2) is 9.13 Å². The fourth-order valence-corrected chi connectivity index (χ4v) is 10.9. The second kappa shape index (κ2) is 68.2. The van der Waals surface area contributed by atoms with Gasteiger partial charge in [0.15, 0.2) is 6.10 Å². The predicted molar refractivity (Wildman–Crippen MR) is 380 cm³/mol. The maximum Gasteiger partial charge on any atom is 0.472 e. The topological polar surface area (TPSA) is 231 Å². The van der Waals surface area contributed by atoms with Crippen LogP contribution in [0, 0.1) is 0 Å². The zero-order chi connectivity index (χ0) is 68.1. The molecule has 0 spiro atoms. The van der Waals surface area contributed by atoms with Gasteiger partial charge in [0.25, 0.3) is 0 Å². The molecule has 93 heavy (non-hydrogen) atoms. The lowest BCUT2D eigenvalue weighted by Crippen LogP contribution is -2.30. The number of rotatable bonds is 68. The highest BCUT2D eigenvalue weighted by Gasteiger charge is 2.29. The molecular weight excluding hydrogens is 1220 g/mol. The summed E-state index contributed by atoms with van der Waals surface area (Å²) in [5.74, 6) is -1.61. The van der Waals surface area contributed by atoms with E-state index >= 15 is 0 Å². The summed E-state index contributed by atoms with van der Waals surface area (Å²) in [6.45, 7) is 2.52. The van der Waals surface area contributed by atoms with Gasteiger partial charge in [-0.3, -0.25) is 32.5 Å². The van der Waals surface area contributed by atoms with Gasteiger partial charge in [-0.1, -0.05) is 252 Å². The quantitative estimate of drug-likeness (QED) is 0.0146. The minimum absolute atomic E-state index is 0.0837. The average Bonchev–Trinajstić information content (AvgIpc) is 3.59. The summed E-state index contributed by atoms with van der Waals surface area (Å²) in [5, 5.41) is 20.6. The molecule has 5 unspecified atom stereocenters. The lowest BCUT2D eigenvalue weighted by molar-refractivity contribution is -0.161. The summed E-state index contributed by atoms with van der Waals surface area (Å²) in [7, 11) is -9.79. The standard InChI is InChI=1S/C75H130O16P2/c1-4-7-10-13-16-19-22-25-27-29-31-32-33-34-35-36-38-40-41-44-46-49-52-55-58-61-73(78)85-64-70(76)65-87-92(81,82)88-66-71(77)67-89-93(83,84)90-69-72(91-75(80)63-60-57-54-51-48-43-24-21-18-15-12-9-6-3)68-86-74(79)62-59-56-53-50-47-45-42-39-37-30-28-26-23-20-17-14-11-8-5-2/h12,15-17,19-21,24-28,31-32,34-35,37,39,70-72,76-77H,4-11,13-14,18,22-23,29-30,33,36,38,40-69H2,1-3H3,(H,81,82)(H,83,84)/b15-12-,19-16-,20-17-,24-21-,27-25-,28-26-,32-31-,35-34-,39-37-. The predicted octanol–water partition coefficient (Wildman–Crippen LogP) is 20.4. The first kappa shape index (κ1) is 89.2. The summed E-state index contributed by atoms with van der Waals surface area (Å²) in [6.07, 6.45) is 77.1. The van der Waals surface area contributed by atoms with Crippen molar-refractivity contribution < 1.29 is 75.8 Å². The molecule has 0 saturated carbocycles. The number of aliphatic hydroxyl groups excluding tert-OH is 2. The number of unbranched alkanes of at least 4 members (excludes halogenated alkanes) is 27. The molecule has 0 aromatic heterocycles. The van der Waals surface area contributed by atoms with E-state index in [1.54, 1.807) is 0 Å². The van der Waals surface area contributed by atoms with E-state index in [1.807, 2.05) is 0 Å². The third-order valence-corrected chi connectivity index (χ3v) is 16.8. The first-order chi connectivity index (χ1) is 45.2. The van der Waals surface area contributed by atoms with Crippen molar-refractivity contribution in [3.05, 3.63) is 109 Å². The molecule has 0 radical (unpaired) electrons. The molecule has 0 fully saturated rings. The Kier molecular flexibility index (Phi) is 65.4. The van der Waals surface area contributed by atoms with Crippen molar-refractivity contribution in [3.8, 4) is 0 Å². The Labute approximate surface area is 564 Å². The van der Waals surface area contributed by atoms with Crippen LogP contribution in [0.4, 0.5) is 0 Å². The van der Waals surface area contributed by atoms with Crippen molar-refractivity contribution in [2.75, 3.05) is 39.6 Å². The molecular formula is C75H130O16P2. The second-order valence-corrected chi connectivity index (χ2v) is 26.9. The molecule has 0 bridgehead atoms. The molecule has 16 nitrogen and oxygen atoms in total. The van der Waals surface area contributed by atoms with Gasteiger partial charge in [0.05, 0.1) is 26.4 Å². The van der Waals surface area contributed by atoms with Gasteiger partial charge in [-0.15, -0.1) is 0 Å².